The third-order valence-corrected chi connectivity index (χ3v) is 3.35. The Balaban J connectivity index is 1.83. The third kappa shape index (κ3) is 4.51. The lowest BCUT2D eigenvalue weighted by Gasteiger charge is -2.15. The van der Waals surface area contributed by atoms with Gasteiger partial charge in [0.15, 0.2) is 0 Å². The van der Waals surface area contributed by atoms with Crippen LogP contribution in [0.1, 0.15) is 26.2 Å². The second-order valence-corrected chi connectivity index (χ2v) is 5.08. The van der Waals surface area contributed by atoms with E-state index in [2.05, 4.69) is 27.1 Å². The van der Waals surface area contributed by atoms with Crippen LogP contribution in [0, 0.1) is 0 Å². The summed E-state index contributed by atoms with van der Waals surface area (Å²) in [6, 6.07) is 0. The SMILES string of the molecule is CCCNc1ncc(Cl)c(OCCN2CCCC2)n1. The lowest BCUT2D eigenvalue weighted by molar-refractivity contribution is 0.232. The number of anilines is 1. The van der Waals surface area contributed by atoms with Crippen LogP contribution in [0.15, 0.2) is 6.20 Å². The molecule has 1 aromatic heterocycles. The molecule has 0 aliphatic carbocycles. The van der Waals surface area contributed by atoms with Crippen molar-refractivity contribution < 1.29 is 4.74 Å². The zero-order chi connectivity index (χ0) is 13.5. The molecule has 106 valence electrons. The Morgan fingerprint density at radius 3 is 2.95 bits per heavy atom. The van der Waals surface area contributed by atoms with E-state index in [4.69, 9.17) is 16.3 Å². The second kappa shape index (κ2) is 7.50. The topological polar surface area (TPSA) is 50.3 Å². The first-order valence-corrected chi connectivity index (χ1v) is 7.29. The summed E-state index contributed by atoms with van der Waals surface area (Å²) < 4.78 is 5.65. The van der Waals surface area contributed by atoms with Crippen molar-refractivity contribution in [1.29, 1.82) is 0 Å². The summed E-state index contributed by atoms with van der Waals surface area (Å²) in [7, 11) is 0. The molecule has 0 amide bonds. The van der Waals surface area contributed by atoms with E-state index in [9.17, 15) is 0 Å². The number of ether oxygens (including phenoxy) is 1. The summed E-state index contributed by atoms with van der Waals surface area (Å²) in [5.41, 5.74) is 0. The number of nitrogens with zero attached hydrogens (tertiary/aromatic N) is 3. The molecule has 2 rings (SSSR count). The molecule has 1 aliphatic rings. The Morgan fingerprint density at radius 1 is 1.42 bits per heavy atom. The molecule has 1 fully saturated rings. The highest BCUT2D eigenvalue weighted by molar-refractivity contribution is 6.31. The predicted octanol–water partition coefficient (Wildman–Crippen LogP) is 2.43. The molecule has 5 nitrogen and oxygen atoms in total. The largest absolute Gasteiger partial charge is 0.475 e. The van der Waals surface area contributed by atoms with Crippen LogP contribution in [0.5, 0.6) is 5.88 Å². The van der Waals surface area contributed by atoms with Gasteiger partial charge in [-0.25, -0.2) is 4.98 Å². The van der Waals surface area contributed by atoms with Gasteiger partial charge in [-0.1, -0.05) is 18.5 Å². The standard InChI is InChI=1S/C13H21ClN4O/c1-2-5-15-13-16-10-11(14)12(17-13)19-9-8-18-6-3-4-7-18/h10H,2-9H2,1H3,(H,15,16,17). The fourth-order valence-corrected chi connectivity index (χ4v) is 2.20. The van der Waals surface area contributed by atoms with Gasteiger partial charge in [-0.3, -0.25) is 4.90 Å². The number of rotatable bonds is 7. The minimum absolute atomic E-state index is 0.462. The van der Waals surface area contributed by atoms with E-state index in [0.717, 1.165) is 19.5 Å². The van der Waals surface area contributed by atoms with Gasteiger partial charge in [-0.05, 0) is 32.4 Å². The monoisotopic (exact) mass is 284 g/mol. The molecule has 0 atom stereocenters. The molecular weight excluding hydrogens is 264 g/mol. The minimum atomic E-state index is 0.462. The molecule has 1 saturated heterocycles. The van der Waals surface area contributed by atoms with Crippen molar-refractivity contribution in [3.63, 3.8) is 0 Å². The van der Waals surface area contributed by atoms with E-state index in [1.54, 1.807) is 6.20 Å². The molecule has 0 bridgehead atoms. The fraction of sp³-hybridized carbons (Fsp3) is 0.692. The van der Waals surface area contributed by atoms with Gasteiger partial charge in [0.25, 0.3) is 0 Å². The number of hydrogen-bond donors (Lipinski definition) is 1. The second-order valence-electron chi connectivity index (χ2n) is 4.67. The van der Waals surface area contributed by atoms with E-state index < -0.39 is 0 Å². The summed E-state index contributed by atoms with van der Waals surface area (Å²) in [5.74, 6) is 1.04. The minimum Gasteiger partial charge on any atom is -0.475 e. The molecule has 0 radical (unpaired) electrons. The van der Waals surface area contributed by atoms with Crippen LogP contribution in [0.3, 0.4) is 0 Å². The average molecular weight is 285 g/mol. The summed E-state index contributed by atoms with van der Waals surface area (Å²) in [4.78, 5) is 10.8. The van der Waals surface area contributed by atoms with Gasteiger partial charge in [0.05, 0.1) is 6.20 Å². The maximum Gasteiger partial charge on any atom is 0.237 e. The number of hydrogen-bond acceptors (Lipinski definition) is 5. The molecule has 1 N–H and O–H groups in total. The molecule has 0 aromatic carbocycles. The van der Waals surface area contributed by atoms with Crippen LogP contribution in [-0.2, 0) is 0 Å². The Labute approximate surface area is 119 Å². The van der Waals surface area contributed by atoms with E-state index >= 15 is 0 Å². The fourth-order valence-electron chi connectivity index (χ4n) is 2.05. The van der Waals surface area contributed by atoms with E-state index in [-0.39, 0.29) is 0 Å². The van der Waals surface area contributed by atoms with E-state index in [1.165, 1.54) is 25.9 Å². The number of aromatic nitrogens is 2. The molecule has 0 saturated carbocycles. The van der Waals surface area contributed by atoms with Crippen LogP contribution < -0.4 is 10.1 Å². The van der Waals surface area contributed by atoms with Crippen molar-refractivity contribution in [2.24, 2.45) is 0 Å². The van der Waals surface area contributed by atoms with E-state index in [1.807, 2.05) is 0 Å². The zero-order valence-electron chi connectivity index (χ0n) is 11.4. The van der Waals surface area contributed by atoms with Crippen molar-refractivity contribution in [3.8, 4) is 5.88 Å². The van der Waals surface area contributed by atoms with Gasteiger partial charge in [-0.15, -0.1) is 0 Å². The number of halogens is 1. The molecule has 19 heavy (non-hydrogen) atoms. The van der Waals surface area contributed by atoms with E-state index in [0.29, 0.717) is 23.5 Å². The highest BCUT2D eigenvalue weighted by Gasteiger charge is 2.12. The lowest BCUT2D eigenvalue weighted by Crippen LogP contribution is -2.25. The molecule has 0 unspecified atom stereocenters. The smallest absolute Gasteiger partial charge is 0.237 e. The zero-order valence-corrected chi connectivity index (χ0v) is 12.1. The van der Waals surface area contributed by atoms with Gasteiger partial charge in [0.1, 0.15) is 11.6 Å². The van der Waals surface area contributed by atoms with Crippen molar-refractivity contribution in [3.05, 3.63) is 11.2 Å². The lowest BCUT2D eigenvalue weighted by atomic mass is 10.4. The molecule has 1 aromatic rings. The number of likely N-dealkylation sites (tertiary alicyclic amines) is 1. The first-order chi connectivity index (χ1) is 9.29. The van der Waals surface area contributed by atoms with Crippen LogP contribution in [0.25, 0.3) is 0 Å². The molecular formula is C13H21ClN4O. The van der Waals surface area contributed by atoms with Crippen molar-refractivity contribution in [1.82, 2.24) is 14.9 Å². The molecule has 1 aliphatic heterocycles. The van der Waals surface area contributed by atoms with Crippen molar-refractivity contribution >= 4 is 17.5 Å². The van der Waals surface area contributed by atoms with Gasteiger partial charge in [0.2, 0.25) is 11.8 Å². The molecule has 0 spiro atoms. The number of nitrogens with one attached hydrogen (secondary N) is 1. The van der Waals surface area contributed by atoms with Crippen LogP contribution in [0.4, 0.5) is 5.95 Å². The van der Waals surface area contributed by atoms with Crippen LogP contribution in [-0.4, -0.2) is 47.7 Å². The summed E-state index contributed by atoms with van der Waals surface area (Å²) in [6.07, 6.45) is 5.19. The first-order valence-electron chi connectivity index (χ1n) is 6.91. The summed E-state index contributed by atoms with van der Waals surface area (Å²) in [6.45, 7) is 6.82. The summed E-state index contributed by atoms with van der Waals surface area (Å²) in [5, 5.41) is 3.58. The summed E-state index contributed by atoms with van der Waals surface area (Å²) >= 11 is 6.03. The predicted molar refractivity (Wildman–Crippen MR) is 77.0 cm³/mol. The first kappa shape index (κ1) is 14.3. The van der Waals surface area contributed by atoms with Gasteiger partial charge in [-0.2, -0.15) is 4.98 Å². The highest BCUT2D eigenvalue weighted by Crippen LogP contribution is 2.21. The van der Waals surface area contributed by atoms with Gasteiger partial charge in [0, 0.05) is 13.1 Å². The Morgan fingerprint density at radius 2 is 2.21 bits per heavy atom. The Kier molecular flexibility index (Phi) is 5.66. The molecule has 2 heterocycles. The van der Waals surface area contributed by atoms with Crippen LogP contribution in [0.2, 0.25) is 5.02 Å². The quantitative estimate of drug-likeness (QED) is 0.833. The van der Waals surface area contributed by atoms with Crippen LogP contribution >= 0.6 is 11.6 Å². The van der Waals surface area contributed by atoms with Crippen molar-refractivity contribution in [2.45, 2.75) is 26.2 Å². The third-order valence-electron chi connectivity index (χ3n) is 3.09. The maximum absolute atomic E-state index is 6.03. The van der Waals surface area contributed by atoms with Gasteiger partial charge < -0.3 is 10.1 Å². The highest BCUT2D eigenvalue weighted by atomic mass is 35.5. The van der Waals surface area contributed by atoms with Gasteiger partial charge >= 0.3 is 0 Å². The Hall–Kier alpha value is -1.07. The average Bonchev–Trinajstić information content (AvgIpc) is 2.92. The molecule has 6 heteroatoms. The normalized spacial score (nSPS) is 15.7. The Bertz CT molecular complexity index is 396. The maximum atomic E-state index is 6.03. The van der Waals surface area contributed by atoms with Crippen molar-refractivity contribution in [2.75, 3.05) is 38.1 Å².